The number of hydrogen-bond donors (Lipinski definition) is 1. The Morgan fingerprint density at radius 1 is 1.48 bits per heavy atom. The molecule has 8 nitrogen and oxygen atoms in total. The zero-order chi connectivity index (χ0) is 17.7. The minimum atomic E-state index is 0. The van der Waals surface area contributed by atoms with Crippen molar-refractivity contribution in [2.75, 3.05) is 21.2 Å². The van der Waals surface area contributed by atoms with Crippen LogP contribution in [0, 0.1) is 6.92 Å². The maximum absolute atomic E-state index is 5.31. The average molecular weight is 479 g/mol. The molecule has 2 aromatic heterocycles. The molecule has 140 valence electrons. The van der Waals surface area contributed by atoms with E-state index in [4.69, 9.17) is 4.74 Å². The van der Waals surface area contributed by atoms with Crippen molar-refractivity contribution in [2.24, 2.45) is 12.0 Å². The summed E-state index contributed by atoms with van der Waals surface area (Å²) in [6.45, 7) is 5.16. The van der Waals surface area contributed by atoms with Crippen LogP contribution in [0.1, 0.15) is 35.4 Å². The van der Waals surface area contributed by atoms with E-state index in [9.17, 15) is 0 Å². The van der Waals surface area contributed by atoms with E-state index in [1.165, 1.54) is 0 Å². The Balaban J connectivity index is 0.00000312. The van der Waals surface area contributed by atoms with Gasteiger partial charge in [0.2, 0.25) is 0 Å². The van der Waals surface area contributed by atoms with Gasteiger partial charge in [-0.05, 0) is 13.8 Å². The zero-order valence-corrected chi connectivity index (χ0v) is 18.6. The number of aliphatic imine (C=N–C) groups is 1. The highest BCUT2D eigenvalue weighted by Gasteiger charge is 2.13. The molecule has 0 aliphatic carbocycles. The van der Waals surface area contributed by atoms with Gasteiger partial charge in [-0.15, -0.1) is 45.5 Å². The Kier molecular flexibility index (Phi) is 8.73. The summed E-state index contributed by atoms with van der Waals surface area (Å²) in [5.41, 5.74) is 0.999. The van der Waals surface area contributed by atoms with E-state index < -0.39 is 0 Å². The molecule has 10 heteroatoms. The fourth-order valence-electron chi connectivity index (χ4n) is 2.15. The van der Waals surface area contributed by atoms with Gasteiger partial charge < -0.3 is 19.5 Å². The van der Waals surface area contributed by atoms with Crippen LogP contribution in [0.15, 0.2) is 10.4 Å². The minimum Gasteiger partial charge on any atom is -0.375 e. The number of hydrogen-bond acceptors (Lipinski definition) is 6. The van der Waals surface area contributed by atoms with Crippen LogP contribution in [0.25, 0.3) is 0 Å². The van der Waals surface area contributed by atoms with Crippen molar-refractivity contribution >= 4 is 41.3 Å². The van der Waals surface area contributed by atoms with Crippen molar-refractivity contribution < 1.29 is 4.74 Å². The second-order valence-corrected chi connectivity index (χ2v) is 6.42. The number of guanidine groups is 1. The van der Waals surface area contributed by atoms with Gasteiger partial charge in [-0.3, -0.25) is 4.99 Å². The number of halogens is 1. The van der Waals surface area contributed by atoms with E-state index in [1.54, 1.807) is 25.5 Å². The maximum Gasteiger partial charge on any atom is 0.194 e. The highest BCUT2D eigenvalue weighted by molar-refractivity contribution is 14.0. The van der Waals surface area contributed by atoms with E-state index in [-0.39, 0.29) is 30.1 Å². The van der Waals surface area contributed by atoms with Crippen LogP contribution in [0.5, 0.6) is 0 Å². The van der Waals surface area contributed by atoms with Crippen molar-refractivity contribution in [3.05, 3.63) is 27.7 Å². The number of aromatic nitrogens is 4. The third-order valence-corrected chi connectivity index (χ3v) is 4.89. The van der Waals surface area contributed by atoms with Gasteiger partial charge in [0.05, 0.1) is 18.8 Å². The van der Waals surface area contributed by atoms with Gasteiger partial charge in [0, 0.05) is 33.6 Å². The fraction of sp³-hybridized carbons (Fsp3) is 0.600. The quantitative estimate of drug-likeness (QED) is 0.389. The molecular formula is C15H26IN7OS. The van der Waals surface area contributed by atoms with Crippen LogP contribution in [0.4, 0.5) is 0 Å². The first-order valence-corrected chi connectivity index (χ1v) is 8.58. The zero-order valence-electron chi connectivity index (χ0n) is 15.5. The lowest BCUT2D eigenvalue weighted by Gasteiger charge is -2.21. The minimum absolute atomic E-state index is 0. The molecule has 1 N–H and O–H groups in total. The number of ether oxygens (including phenoxy) is 1. The van der Waals surface area contributed by atoms with Crippen LogP contribution >= 0.6 is 35.3 Å². The topological polar surface area (TPSA) is 80.5 Å². The molecule has 1 atom stereocenters. The normalized spacial score (nSPS) is 12.6. The molecular weight excluding hydrogens is 453 g/mol. The highest BCUT2D eigenvalue weighted by atomic mass is 127. The summed E-state index contributed by atoms with van der Waals surface area (Å²) >= 11 is 1.61. The van der Waals surface area contributed by atoms with Crippen LogP contribution in [0.3, 0.4) is 0 Å². The lowest BCUT2D eigenvalue weighted by Crippen LogP contribution is -2.38. The largest absolute Gasteiger partial charge is 0.375 e. The van der Waals surface area contributed by atoms with Crippen LogP contribution in [0.2, 0.25) is 0 Å². The number of methoxy groups -OCH3 is 1. The number of rotatable bonds is 6. The molecule has 0 aliphatic heterocycles. The number of nitrogens with one attached hydrogen (secondary N) is 1. The monoisotopic (exact) mass is 479 g/mol. The lowest BCUT2D eigenvalue weighted by atomic mass is 10.4. The summed E-state index contributed by atoms with van der Waals surface area (Å²) < 4.78 is 7.26. The molecule has 25 heavy (non-hydrogen) atoms. The molecule has 0 amide bonds. The number of thiazole rings is 1. The van der Waals surface area contributed by atoms with Crippen molar-refractivity contribution in [1.82, 2.24) is 30.0 Å². The SMILES string of the molecule is CN=C(NCc1nnc(C)n1C)N(C)Cc1csc(C(C)OC)n1.I. The standard InChI is InChI=1S/C15H25N7OS.HI/c1-10(23-6)14-18-12(9-24-14)8-21(4)15(16-3)17-7-13-20-19-11(2)22(13)5;/h9-10H,7-8H2,1-6H3,(H,16,17);1H. The van der Waals surface area contributed by atoms with Gasteiger partial charge in [0.1, 0.15) is 16.9 Å². The third-order valence-electron chi connectivity index (χ3n) is 3.83. The van der Waals surface area contributed by atoms with Gasteiger partial charge in [-0.25, -0.2) is 4.98 Å². The van der Waals surface area contributed by atoms with Crippen LogP contribution in [-0.2, 0) is 24.9 Å². The molecule has 2 rings (SSSR count). The van der Waals surface area contributed by atoms with E-state index in [0.29, 0.717) is 13.1 Å². The van der Waals surface area contributed by atoms with Crippen LogP contribution < -0.4 is 5.32 Å². The Morgan fingerprint density at radius 3 is 2.76 bits per heavy atom. The van der Waals surface area contributed by atoms with Gasteiger partial charge >= 0.3 is 0 Å². The van der Waals surface area contributed by atoms with Crippen LogP contribution in [-0.4, -0.2) is 51.8 Å². The highest BCUT2D eigenvalue weighted by Crippen LogP contribution is 2.20. The Morgan fingerprint density at radius 2 is 2.20 bits per heavy atom. The van der Waals surface area contributed by atoms with Gasteiger partial charge in [0.15, 0.2) is 11.8 Å². The molecule has 2 aromatic rings. The van der Waals surface area contributed by atoms with E-state index >= 15 is 0 Å². The summed E-state index contributed by atoms with van der Waals surface area (Å²) in [5, 5.41) is 14.6. The van der Waals surface area contributed by atoms with E-state index in [2.05, 4.69) is 30.9 Å². The average Bonchev–Trinajstić information content (AvgIpc) is 3.16. The predicted molar refractivity (Wildman–Crippen MR) is 110 cm³/mol. The first-order valence-electron chi connectivity index (χ1n) is 7.70. The first kappa shape index (κ1) is 21.8. The van der Waals surface area contributed by atoms with Gasteiger partial charge in [-0.2, -0.15) is 0 Å². The van der Waals surface area contributed by atoms with E-state index in [0.717, 1.165) is 28.3 Å². The van der Waals surface area contributed by atoms with Gasteiger partial charge in [-0.1, -0.05) is 0 Å². The molecule has 0 aromatic carbocycles. The Hall–Kier alpha value is -1.27. The Bertz CT molecular complexity index is 700. The molecule has 0 spiro atoms. The molecule has 0 saturated carbocycles. The summed E-state index contributed by atoms with van der Waals surface area (Å²) in [5.74, 6) is 2.54. The molecule has 0 aliphatic rings. The summed E-state index contributed by atoms with van der Waals surface area (Å²) in [7, 11) is 7.39. The maximum atomic E-state index is 5.31. The third kappa shape index (κ3) is 5.61. The van der Waals surface area contributed by atoms with Crippen molar-refractivity contribution in [2.45, 2.75) is 33.0 Å². The summed E-state index contributed by atoms with van der Waals surface area (Å²) in [6, 6.07) is 0. The molecule has 0 bridgehead atoms. The van der Waals surface area contributed by atoms with Gasteiger partial charge in [0.25, 0.3) is 0 Å². The number of nitrogens with zero attached hydrogens (tertiary/aromatic N) is 6. The lowest BCUT2D eigenvalue weighted by molar-refractivity contribution is 0.119. The first-order chi connectivity index (χ1) is 11.5. The second-order valence-electron chi connectivity index (χ2n) is 5.53. The molecule has 2 heterocycles. The Labute approximate surface area is 169 Å². The molecule has 0 fully saturated rings. The summed E-state index contributed by atoms with van der Waals surface area (Å²) in [6.07, 6.45) is 0.0191. The predicted octanol–water partition coefficient (Wildman–Crippen LogP) is 2.11. The smallest absolute Gasteiger partial charge is 0.194 e. The molecule has 1 unspecified atom stereocenters. The second kappa shape index (κ2) is 10.0. The van der Waals surface area contributed by atoms with Crippen molar-refractivity contribution in [3.8, 4) is 0 Å². The van der Waals surface area contributed by atoms with Crippen molar-refractivity contribution in [3.63, 3.8) is 0 Å². The van der Waals surface area contributed by atoms with Crippen molar-refractivity contribution in [1.29, 1.82) is 0 Å². The molecule has 0 saturated heterocycles. The number of aryl methyl sites for hydroxylation is 1. The van der Waals surface area contributed by atoms with E-state index in [1.807, 2.05) is 37.4 Å². The molecule has 0 radical (unpaired) electrons. The summed E-state index contributed by atoms with van der Waals surface area (Å²) in [4.78, 5) is 11.0. The fourth-order valence-corrected chi connectivity index (χ4v) is 2.99.